The van der Waals surface area contributed by atoms with Crippen molar-refractivity contribution < 1.29 is 31.6 Å². The summed E-state index contributed by atoms with van der Waals surface area (Å²) in [6.07, 6.45) is 1.15. The van der Waals surface area contributed by atoms with Crippen LogP contribution in [0.5, 0.6) is 11.5 Å². The molecule has 1 heterocycles. The number of hydrogen-bond acceptors (Lipinski definition) is 9. The minimum absolute atomic E-state index is 0.0164. The highest BCUT2D eigenvalue weighted by molar-refractivity contribution is 7.90. The van der Waals surface area contributed by atoms with Crippen molar-refractivity contribution >= 4 is 39.8 Å². The van der Waals surface area contributed by atoms with E-state index in [1.54, 1.807) is 55.6 Å². The number of aromatic nitrogens is 1. The summed E-state index contributed by atoms with van der Waals surface area (Å²) in [5, 5.41) is 4.76. The molecule has 1 aromatic heterocycles. The molecule has 0 unspecified atom stereocenters. The van der Waals surface area contributed by atoms with Crippen molar-refractivity contribution in [2.75, 3.05) is 24.8 Å². The molecule has 0 fully saturated rings. The average Bonchev–Trinajstić information content (AvgIpc) is 3.20. The summed E-state index contributed by atoms with van der Waals surface area (Å²) >= 11 is 1.20. The minimum atomic E-state index is -3.30. The van der Waals surface area contributed by atoms with Crippen LogP contribution < -0.4 is 10.1 Å². The second-order valence-electron chi connectivity index (χ2n) is 7.08. The number of thiazole rings is 1. The van der Waals surface area contributed by atoms with Crippen LogP contribution in [-0.2, 0) is 29.6 Å². The zero-order chi connectivity index (χ0) is 24.8. The van der Waals surface area contributed by atoms with Crippen molar-refractivity contribution in [3.63, 3.8) is 0 Å². The van der Waals surface area contributed by atoms with Crippen LogP contribution in [-0.4, -0.2) is 38.8 Å². The van der Waals surface area contributed by atoms with E-state index < -0.39 is 23.3 Å². The molecule has 34 heavy (non-hydrogen) atoms. The molecule has 2 aromatic carbocycles. The zero-order valence-corrected chi connectivity index (χ0v) is 21.4. The van der Waals surface area contributed by atoms with Crippen LogP contribution in [0.3, 0.4) is 0 Å². The third-order valence-corrected chi connectivity index (χ3v) is 8.31. The van der Waals surface area contributed by atoms with Crippen molar-refractivity contribution in [1.29, 1.82) is 0 Å². The largest absolute Gasteiger partial charge is 0.457 e. The van der Waals surface area contributed by atoms with Gasteiger partial charge in [-0.3, -0.25) is 14.7 Å². The second kappa shape index (κ2) is 11.2. The van der Waals surface area contributed by atoms with E-state index in [4.69, 9.17) is 13.8 Å². The lowest BCUT2D eigenvalue weighted by molar-refractivity contribution is 0.102. The number of ether oxygens (including phenoxy) is 1. The number of nitrogens with zero attached hydrogens (tertiary/aromatic N) is 1. The van der Waals surface area contributed by atoms with Gasteiger partial charge in [0.25, 0.3) is 5.91 Å². The SMILES string of the molecule is CCOP(=O)(Cc1csc(NC(=O)c2cccc(Oc3ccc(S(C)(=O)=O)cc3)c2)n1)OCC. The molecule has 0 aliphatic heterocycles. The molecule has 0 bridgehead atoms. The first-order valence-corrected chi connectivity index (χ1v) is 14.8. The highest BCUT2D eigenvalue weighted by atomic mass is 32.2. The molecule has 0 aliphatic rings. The Hall–Kier alpha value is -2.56. The normalized spacial score (nSPS) is 11.9. The van der Waals surface area contributed by atoms with Gasteiger partial charge in [0, 0.05) is 17.2 Å². The number of nitrogens with one attached hydrogen (secondary N) is 1. The fraction of sp³-hybridized carbons (Fsp3) is 0.273. The summed E-state index contributed by atoms with van der Waals surface area (Å²) in [5.41, 5.74) is 0.844. The quantitative estimate of drug-likeness (QED) is 0.333. The Labute approximate surface area is 202 Å². The van der Waals surface area contributed by atoms with Gasteiger partial charge >= 0.3 is 7.60 Å². The topological polar surface area (TPSA) is 121 Å². The van der Waals surface area contributed by atoms with Crippen LogP contribution in [0, 0.1) is 0 Å². The summed E-state index contributed by atoms with van der Waals surface area (Å²) in [5.74, 6) is 0.452. The Morgan fingerprint density at radius 1 is 1.06 bits per heavy atom. The number of anilines is 1. The number of carbonyl (C=O) groups excluding carboxylic acids is 1. The van der Waals surface area contributed by atoms with E-state index in [1.165, 1.54) is 23.5 Å². The van der Waals surface area contributed by atoms with E-state index in [1.807, 2.05) is 0 Å². The molecule has 1 N–H and O–H groups in total. The van der Waals surface area contributed by atoms with Crippen LogP contribution in [0.25, 0.3) is 0 Å². The molecule has 1 amide bonds. The van der Waals surface area contributed by atoms with Gasteiger partial charge in [-0.2, -0.15) is 0 Å². The molecule has 0 atom stereocenters. The minimum Gasteiger partial charge on any atom is -0.457 e. The average molecular weight is 525 g/mol. The van der Waals surface area contributed by atoms with Gasteiger partial charge in [0.1, 0.15) is 11.5 Å². The van der Waals surface area contributed by atoms with E-state index in [-0.39, 0.29) is 24.3 Å². The molecule has 0 spiro atoms. The number of amides is 1. The van der Waals surface area contributed by atoms with Crippen LogP contribution in [0.2, 0.25) is 0 Å². The van der Waals surface area contributed by atoms with E-state index in [2.05, 4.69) is 10.3 Å². The van der Waals surface area contributed by atoms with Crippen LogP contribution in [0.4, 0.5) is 5.13 Å². The van der Waals surface area contributed by atoms with Gasteiger partial charge in [0.05, 0.1) is 30.0 Å². The third kappa shape index (κ3) is 7.22. The number of carbonyl (C=O) groups is 1. The van der Waals surface area contributed by atoms with E-state index in [0.717, 1.165) is 6.26 Å². The molecule has 3 rings (SSSR count). The molecular weight excluding hydrogens is 499 g/mol. The standard InChI is InChI=1S/C22H25N2O7PS2/c1-4-29-32(26,30-5-2)14-17-15-33-22(23-17)24-21(25)16-7-6-8-19(13-16)31-18-9-11-20(12-10-18)34(3,27)28/h6-13,15H,4-5,14H2,1-3H3,(H,23,24,25). The van der Waals surface area contributed by atoms with Gasteiger partial charge in [0.2, 0.25) is 0 Å². The first-order chi connectivity index (χ1) is 16.1. The Bertz CT molecular complexity index is 1280. The summed E-state index contributed by atoms with van der Waals surface area (Å²) in [4.78, 5) is 17.2. The fourth-order valence-corrected chi connectivity index (χ4v) is 5.98. The fourth-order valence-electron chi connectivity index (χ4n) is 2.92. The molecule has 0 saturated carbocycles. The van der Waals surface area contributed by atoms with Gasteiger partial charge in [-0.15, -0.1) is 11.3 Å². The Morgan fingerprint density at radius 3 is 2.35 bits per heavy atom. The van der Waals surface area contributed by atoms with Crippen molar-refractivity contribution in [2.45, 2.75) is 24.9 Å². The van der Waals surface area contributed by atoms with Crippen LogP contribution in [0.15, 0.2) is 58.8 Å². The smallest absolute Gasteiger partial charge is 0.336 e. The molecule has 9 nitrogen and oxygen atoms in total. The maximum atomic E-state index is 12.7. The number of benzene rings is 2. The molecular formula is C22H25N2O7PS2. The van der Waals surface area contributed by atoms with Crippen molar-refractivity contribution in [3.8, 4) is 11.5 Å². The first-order valence-electron chi connectivity index (χ1n) is 10.3. The molecule has 0 aliphatic carbocycles. The van der Waals surface area contributed by atoms with E-state index in [0.29, 0.717) is 27.9 Å². The van der Waals surface area contributed by atoms with Gasteiger partial charge in [-0.05, 0) is 56.3 Å². The number of hydrogen-bond donors (Lipinski definition) is 1. The first kappa shape index (κ1) is 26.1. The second-order valence-corrected chi connectivity index (χ2v) is 12.0. The van der Waals surface area contributed by atoms with Gasteiger partial charge in [-0.1, -0.05) is 6.07 Å². The van der Waals surface area contributed by atoms with Crippen molar-refractivity contribution in [1.82, 2.24) is 4.98 Å². The summed E-state index contributed by atoms with van der Waals surface area (Å²) in [7, 11) is -6.59. The Balaban J connectivity index is 1.66. The predicted octanol–water partition coefficient (Wildman–Crippen LogP) is 5.36. The maximum Gasteiger partial charge on any atom is 0.336 e. The molecule has 12 heteroatoms. The molecule has 182 valence electrons. The third-order valence-electron chi connectivity index (χ3n) is 4.36. The van der Waals surface area contributed by atoms with E-state index >= 15 is 0 Å². The Kier molecular flexibility index (Phi) is 8.62. The zero-order valence-electron chi connectivity index (χ0n) is 18.9. The van der Waals surface area contributed by atoms with Gasteiger partial charge in [-0.25, -0.2) is 13.4 Å². The van der Waals surface area contributed by atoms with Crippen molar-refractivity contribution in [2.24, 2.45) is 0 Å². The highest BCUT2D eigenvalue weighted by Crippen LogP contribution is 2.51. The van der Waals surface area contributed by atoms with Crippen molar-refractivity contribution in [3.05, 3.63) is 65.2 Å². The summed E-state index contributed by atoms with van der Waals surface area (Å²) in [6, 6.07) is 12.5. The van der Waals surface area contributed by atoms with Gasteiger partial charge in [0.15, 0.2) is 15.0 Å². The maximum absolute atomic E-state index is 12.7. The molecule has 3 aromatic rings. The highest BCUT2D eigenvalue weighted by Gasteiger charge is 2.25. The number of rotatable bonds is 11. The van der Waals surface area contributed by atoms with Gasteiger partial charge < -0.3 is 13.8 Å². The summed E-state index contributed by atoms with van der Waals surface area (Å²) in [6.45, 7) is 3.98. The molecule has 0 radical (unpaired) electrons. The molecule has 0 saturated heterocycles. The van der Waals surface area contributed by atoms with E-state index in [9.17, 15) is 17.8 Å². The number of sulfone groups is 1. The lowest BCUT2D eigenvalue weighted by Crippen LogP contribution is -2.11. The lowest BCUT2D eigenvalue weighted by Gasteiger charge is -2.15. The predicted molar refractivity (Wildman–Crippen MR) is 131 cm³/mol. The monoisotopic (exact) mass is 524 g/mol. The summed E-state index contributed by atoms with van der Waals surface area (Å²) < 4.78 is 52.2. The lowest BCUT2D eigenvalue weighted by atomic mass is 10.2. The Morgan fingerprint density at radius 2 is 1.74 bits per heavy atom. The van der Waals surface area contributed by atoms with Crippen LogP contribution >= 0.6 is 18.9 Å². The van der Waals surface area contributed by atoms with Crippen LogP contribution in [0.1, 0.15) is 29.9 Å².